The van der Waals surface area contributed by atoms with Crippen molar-refractivity contribution in [2.45, 2.75) is 13.8 Å². The van der Waals surface area contributed by atoms with Crippen molar-refractivity contribution in [3.8, 4) is 17.0 Å². The van der Waals surface area contributed by atoms with E-state index in [0.717, 1.165) is 16.8 Å². The molecule has 0 atom stereocenters. The molecule has 0 fully saturated rings. The number of pyridine rings is 2. The number of benzene rings is 1. The number of hydrogen-bond acceptors (Lipinski definition) is 7. The van der Waals surface area contributed by atoms with Crippen molar-refractivity contribution in [3.63, 3.8) is 0 Å². The number of nitrogens with one attached hydrogen (secondary N) is 1. The molecule has 1 aromatic carbocycles. The van der Waals surface area contributed by atoms with Gasteiger partial charge in [-0.1, -0.05) is 12.1 Å². The maximum atomic E-state index is 11.2. The van der Waals surface area contributed by atoms with Gasteiger partial charge < -0.3 is 19.6 Å². The average Bonchev–Trinajstić information content (AvgIpc) is 3.15. The second kappa shape index (κ2) is 7.82. The Kier molecular flexibility index (Phi) is 5.05. The van der Waals surface area contributed by atoms with Crippen molar-refractivity contribution in [2.75, 3.05) is 11.9 Å². The lowest BCUT2D eigenvalue weighted by atomic mass is 9.95. The Hall–Kier alpha value is -3.94. The molecule has 0 amide bonds. The van der Waals surface area contributed by atoms with Crippen LogP contribution in [0.25, 0.3) is 22.4 Å². The second-order valence-electron chi connectivity index (χ2n) is 7.41. The SMILES string of the molecule is CC(C)(COc1ccc(-c2ccc(Nc3nc4ncccc4o3)cc2)cn1)C(=O)O. The minimum atomic E-state index is -0.978. The van der Waals surface area contributed by atoms with Gasteiger partial charge in [0.25, 0.3) is 0 Å². The maximum Gasteiger partial charge on any atom is 0.312 e. The van der Waals surface area contributed by atoms with Crippen molar-refractivity contribution in [2.24, 2.45) is 5.41 Å². The van der Waals surface area contributed by atoms with Gasteiger partial charge in [0.2, 0.25) is 11.5 Å². The molecule has 0 radical (unpaired) electrons. The summed E-state index contributed by atoms with van der Waals surface area (Å²) in [5.41, 5.74) is 2.92. The number of nitrogens with zero attached hydrogens (tertiary/aromatic N) is 3. The van der Waals surface area contributed by atoms with Crippen LogP contribution in [0, 0.1) is 5.41 Å². The van der Waals surface area contributed by atoms with Crippen LogP contribution in [0.3, 0.4) is 0 Å². The molecule has 0 aliphatic carbocycles. The Morgan fingerprint density at radius 2 is 1.87 bits per heavy atom. The van der Waals surface area contributed by atoms with Crippen molar-refractivity contribution in [1.82, 2.24) is 15.0 Å². The number of aliphatic carboxylic acids is 1. The topological polar surface area (TPSA) is 110 Å². The maximum absolute atomic E-state index is 11.2. The third kappa shape index (κ3) is 4.22. The fraction of sp³-hybridized carbons (Fsp3) is 0.182. The van der Waals surface area contributed by atoms with Crippen LogP contribution >= 0.6 is 0 Å². The first-order valence-corrected chi connectivity index (χ1v) is 9.32. The summed E-state index contributed by atoms with van der Waals surface area (Å²) in [6.07, 6.45) is 3.36. The van der Waals surface area contributed by atoms with Crippen molar-refractivity contribution < 1.29 is 19.1 Å². The Bertz CT molecular complexity index is 1130. The quantitative estimate of drug-likeness (QED) is 0.463. The molecule has 0 aliphatic heterocycles. The number of carbonyl (C=O) groups is 1. The molecular weight excluding hydrogens is 384 g/mol. The van der Waals surface area contributed by atoms with E-state index in [2.05, 4.69) is 20.3 Å². The van der Waals surface area contributed by atoms with Crippen molar-refractivity contribution in [1.29, 1.82) is 0 Å². The number of carboxylic acids is 1. The molecule has 0 saturated carbocycles. The summed E-state index contributed by atoms with van der Waals surface area (Å²) in [4.78, 5) is 23.9. The predicted octanol–water partition coefficient (Wildman–Crippen LogP) is 4.52. The number of fused-ring (bicyclic) bond motifs is 1. The fourth-order valence-electron chi connectivity index (χ4n) is 2.64. The molecule has 3 aromatic heterocycles. The van der Waals surface area contributed by atoms with E-state index >= 15 is 0 Å². The highest BCUT2D eigenvalue weighted by atomic mass is 16.5. The molecule has 0 aliphatic rings. The highest BCUT2D eigenvalue weighted by Gasteiger charge is 2.28. The first kappa shape index (κ1) is 19.4. The highest BCUT2D eigenvalue weighted by molar-refractivity contribution is 5.74. The van der Waals surface area contributed by atoms with Crippen LogP contribution in [0.5, 0.6) is 5.88 Å². The average molecular weight is 404 g/mol. The Morgan fingerprint density at radius 1 is 1.10 bits per heavy atom. The van der Waals surface area contributed by atoms with Gasteiger partial charge in [-0.3, -0.25) is 4.79 Å². The van der Waals surface area contributed by atoms with Gasteiger partial charge in [-0.05, 0) is 49.7 Å². The van der Waals surface area contributed by atoms with Gasteiger partial charge in [0.1, 0.15) is 6.61 Å². The molecule has 2 N–H and O–H groups in total. The van der Waals surface area contributed by atoms with Crippen LogP contribution in [0.2, 0.25) is 0 Å². The lowest BCUT2D eigenvalue weighted by molar-refractivity contribution is -0.148. The monoisotopic (exact) mass is 404 g/mol. The minimum Gasteiger partial charge on any atom is -0.481 e. The minimum absolute atomic E-state index is 0.0421. The summed E-state index contributed by atoms with van der Waals surface area (Å²) in [7, 11) is 0. The fourth-order valence-corrected chi connectivity index (χ4v) is 2.64. The van der Waals surface area contributed by atoms with Crippen molar-refractivity contribution >= 4 is 28.9 Å². The Labute approximate surface area is 172 Å². The summed E-state index contributed by atoms with van der Waals surface area (Å²) in [5.74, 6) is -0.530. The number of carboxylic acid groups (broad SMARTS) is 1. The Balaban J connectivity index is 1.41. The van der Waals surface area contributed by atoms with Gasteiger partial charge in [0.15, 0.2) is 5.58 Å². The van der Waals surface area contributed by atoms with Crippen LogP contribution in [0.4, 0.5) is 11.7 Å². The van der Waals surface area contributed by atoms with E-state index in [-0.39, 0.29) is 6.61 Å². The number of oxazole rings is 1. The van der Waals surface area contributed by atoms with Crippen LogP contribution < -0.4 is 10.1 Å². The molecule has 152 valence electrons. The van der Waals surface area contributed by atoms with Gasteiger partial charge >= 0.3 is 12.0 Å². The molecule has 3 heterocycles. The third-order valence-corrected chi connectivity index (χ3v) is 4.53. The number of ether oxygens (including phenoxy) is 1. The molecule has 0 bridgehead atoms. The lowest BCUT2D eigenvalue weighted by Gasteiger charge is -2.18. The zero-order valence-electron chi connectivity index (χ0n) is 16.5. The molecular formula is C22H20N4O4. The Morgan fingerprint density at radius 3 is 2.53 bits per heavy atom. The standard InChI is InChI=1S/C22H20N4O4/c1-22(2,20(27)28)13-29-18-10-7-15(12-24-18)14-5-8-16(9-6-14)25-21-26-19-17(30-21)4-3-11-23-19/h3-12H,13H2,1-2H3,(H,27,28)(H,23,25,26). The first-order chi connectivity index (χ1) is 14.4. The van der Waals surface area contributed by atoms with E-state index in [0.29, 0.717) is 23.1 Å². The number of aromatic nitrogens is 3. The van der Waals surface area contributed by atoms with Gasteiger partial charge in [-0.15, -0.1) is 0 Å². The van der Waals surface area contributed by atoms with E-state index in [1.807, 2.05) is 36.4 Å². The molecule has 0 saturated heterocycles. The lowest BCUT2D eigenvalue weighted by Crippen LogP contribution is -2.30. The normalized spacial score (nSPS) is 11.4. The van der Waals surface area contributed by atoms with Gasteiger partial charge in [0, 0.05) is 29.7 Å². The van der Waals surface area contributed by atoms with E-state index in [1.54, 1.807) is 38.4 Å². The summed E-state index contributed by atoms with van der Waals surface area (Å²) in [6, 6.07) is 15.3. The third-order valence-electron chi connectivity index (χ3n) is 4.53. The summed E-state index contributed by atoms with van der Waals surface area (Å²) in [6.45, 7) is 3.26. The summed E-state index contributed by atoms with van der Waals surface area (Å²) in [5, 5.41) is 12.3. The zero-order chi connectivity index (χ0) is 21.1. The van der Waals surface area contributed by atoms with Gasteiger partial charge in [-0.2, -0.15) is 4.98 Å². The smallest absolute Gasteiger partial charge is 0.312 e. The number of anilines is 2. The molecule has 4 aromatic rings. The van der Waals surface area contributed by atoms with Crippen LogP contribution in [0.15, 0.2) is 65.3 Å². The zero-order valence-corrected chi connectivity index (χ0v) is 16.5. The largest absolute Gasteiger partial charge is 0.481 e. The number of rotatable bonds is 7. The van der Waals surface area contributed by atoms with Gasteiger partial charge in [0.05, 0.1) is 5.41 Å². The first-order valence-electron chi connectivity index (χ1n) is 9.32. The second-order valence-corrected chi connectivity index (χ2v) is 7.41. The molecule has 8 heteroatoms. The molecule has 4 rings (SSSR count). The van der Waals surface area contributed by atoms with Crippen LogP contribution in [0.1, 0.15) is 13.8 Å². The molecule has 8 nitrogen and oxygen atoms in total. The molecule has 0 unspecified atom stereocenters. The van der Waals surface area contributed by atoms with E-state index in [1.165, 1.54) is 0 Å². The predicted molar refractivity (Wildman–Crippen MR) is 112 cm³/mol. The van der Waals surface area contributed by atoms with Gasteiger partial charge in [-0.25, -0.2) is 9.97 Å². The molecule has 0 spiro atoms. The highest BCUT2D eigenvalue weighted by Crippen LogP contribution is 2.25. The molecule has 30 heavy (non-hydrogen) atoms. The summed E-state index contributed by atoms with van der Waals surface area (Å²) < 4.78 is 11.1. The summed E-state index contributed by atoms with van der Waals surface area (Å²) >= 11 is 0. The van der Waals surface area contributed by atoms with E-state index in [4.69, 9.17) is 14.3 Å². The van der Waals surface area contributed by atoms with E-state index < -0.39 is 11.4 Å². The van der Waals surface area contributed by atoms with Crippen LogP contribution in [-0.4, -0.2) is 32.6 Å². The van der Waals surface area contributed by atoms with Crippen LogP contribution in [-0.2, 0) is 4.79 Å². The van der Waals surface area contributed by atoms with E-state index in [9.17, 15) is 4.79 Å². The number of hydrogen-bond donors (Lipinski definition) is 2. The van der Waals surface area contributed by atoms with Crippen molar-refractivity contribution in [3.05, 3.63) is 60.9 Å².